The van der Waals surface area contributed by atoms with Gasteiger partial charge in [-0.3, -0.25) is 4.79 Å². The largest absolute Gasteiger partial charge is 0.409 e. The Morgan fingerprint density at radius 3 is 2.67 bits per heavy atom. The van der Waals surface area contributed by atoms with Gasteiger partial charge in [-0.1, -0.05) is 37.1 Å². The van der Waals surface area contributed by atoms with Gasteiger partial charge in [-0.25, -0.2) is 0 Å². The molecule has 1 saturated heterocycles. The second-order valence-corrected chi connectivity index (χ2v) is 5.59. The number of piperidine rings is 1. The van der Waals surface area contributed by atoms with E-state index in [0.29, 0.717) is 11.1 Å². The lowest BCUT2D eigenvalue weighted by atomic mass is 9.92. The lowest BCUT2D eigenvalue weighted by Gasteiger charge is -2.32. The summed E-state index contributed by atoms with van der Waals surface area (Å²) < 4.78 is 0. The molecule has 1 aliphatic rings. The fourth-order valence-corrected chi connectivity index (χ4v) is 2.88. The van der Waals surface area contributed by atoms with Crippen molar-refractivity contribution in [2.24, 2.45) is 16.8 Å². The van der Waals surface area contributed by atoms with Crippen molar-refractivity contribution in [2.75, 3.05) is 13.1 Å². The molecule has 1 aromatic rings. The van der Waals surface area contributed by atoms with Crippen molar-refractivity contribution in [3.63, 3.8) is 0 Å². The van der Waals surface area contributed by atoms with E-state index in [1.54, 1.807) is 24.3 Å². The maximum atomic E-state index is 12.5. The molecular weight excluding hydrogens is 266 g/mol. The van der Waals surface area contributed by atoms with Crippen molar-refractivity contribution < 1.29 is 10.0 Å². The Morgan fingerprint density at radius 2 is 2.05 bits per heavy atom. The number of rotatable bonds is 4. The van der Waals surface area contributed by atoms with Gasteiger partial charge in [0.1, 0.15) is 0 Å². The number of benzene rings is 1. The van der Waals surface area contributed by atoms with Gasteiger partial charge in [0.25, 0.3) is 5.91 Å². The van der Waals surface area contributed by atoms with Crippen LogP contribution in [0, 0.1) is 5.92 Å². The van der Waals surface area contributed by atoms with Crippen LogP contribution in [0.2, 0.25) is 0 Å². The molecule has 5 nitrogen and oxygen atoms in total. The van der Waals surface area contributed by atoms with Gasteiger partial charge < -0.3 is 15.8 Å². The highest BCUT2D eigenvalue weighted by Gasteiger charge is 2.23. The summed E-state index contributed by atoms with van der Waals surface area (Å²) in [5, 5.41) is 11.7. The quantitative estimate of drug-likeness (QED) is 0.387. The summed E-state index contributed by atoms with van der Waals surface area (Å²) in [5.74, 6) is 0.798. The van der Waals surface area contributed by atoms with E-state index in [1.165, 1.54) is 12.8 Å². The molecule has 21 heavy (non-hydrogen) atoms. The average molecular weight is 289 g/mol. The highest BCUT2D eigenvalue weighted by Crippen LogP contribution is 2.23. The minimum absolute atomic E-state index is 0.0197. The van der Waals surface area contributed by atoms with Crippen molar-refractivity contribution >= 4 is 11.7 Å². The van der Waals surface area contributed by atoms with E-state index in [4.69, 9.17) is 10.9 Å². The predicted octanol–water partition coefficient (Wildman–Crippen LogP) is 2.43. The standard InChI is InChI=1S/C16H23N3O2/c1-2-4-12-7-9-19(10-8-12)16(20)14-6-3-5-13(11-14)15(17)18-21/h3,5-6,11-12,21H,2,4,7-10H2,1H3,(H2,17,18). The van der Waals surface area contributed by atoms with Crippen molar-refractivity contribution in [3.8, 4) is 0 Å². The number of carbonyl (C=O) groups excluding carboxylic acids is 1. The Morgan fingerprint density at radius 1 is 1.38 bits per heavy atom. The lowest BCUT2D eigenvalue weighted by molar-refractivity contribution is 0.0686. The molecule has 3 N–H and O–H groups in total. The first-order valence-electron chi connectivity index (χ1n) is 7.53. The molecule has 2 rings (SSSR count). The zero-order valence-corrected chi connectivity index (χ0v) is 12.5. The number of hydrogen-bond acceptors (Lipinski definition) is 3. The third-order valence-corrected chi connectivity index (χ3v) is 4.11. The van der Waals surface area contributed by atoms with Gasteiger partial charge >= 0.3 is 0 Å². The monoisotopic (exact) mass is 289 g/mol. The Kier molecular flexibility index (Phi) is 5.20. The minimum atomic E-state index is 0.0197. The Labute approximate surface area is 125 Å². The molecule has 1 heterocycles. The molecule has 1 amide bonds. The molecule has 5 heteroatoms. The first-order chi connectivity index (χ1) is 10.2. The van der Waals surface area contributed by atoms with Crippen LogP contribution in [0.15, 0.2) is 29.4 Å². The van der Waals surface area contributed by atoms with E-state index in [-0.39, 0.29) is 11.7 Å². The number of hydrogen-bond donors (Lipinski definition) is 2. The van der Waals surface area contributed by atoms with E-state index in [1.807, 2.05) is 4.90 Å². The number of likely N-dealkylation sites (tertiary alicyclic amines) is 1. The first-order valence-corrected chi connectivity index (χ1v) is 7.53. The van der Waals surface area contributed by atoms with Gasteiger partial charge in [-0.15, -0.1) is 0 Å². The predicted molar refractivity (Wildman–Crippen MR) is 82.5 cm³/mol. The molecule has 0 unspecified atom stereocenters. The van der Waals surface area contributed by atoms with Crippen LogP contribution in [0.25, 0.3) is 0 Å². The van der Waals surface area contributed by atoms with Crippen LogP contribution >= 0.6 is 0 Å². The van der Waals surface area contributed by atoms with Crippen LogP contribution in [0.5, 0.6) is 0 Å². The highest BCUT2D eigenvalue weighted by molar-refractivity contribution is 6.01. The Balaban J connectivity index is 2.04. The van der Waals surface area contributed by atoms with Gasteiger partial charge in [0.15, 0.2) is 5.84 Å². The highest BCUT2D eigenvalue weighted by atomic mass is 16.4. The summed E-state index contributed by atoms with van der Waals surface area (Å²) in [6, 6.07) is 6.92. The molecule has 0 atom stereocenters. The smallest absolute Gasteiger partial charge is 0.253 e. The number of oxime groups is 1. The molecule has 0 aliphatic carbocycles. The van der Waals surface area contributed by atoms with Crippen LogP contribution in [-0.2, 0) is 0 Å². The summed E-state index contributed by atoms with van der Waals surface area (Å²) in [4.78, 5) is 14.4. The number of amides is 1. The number of nitrogens with zero attached hydrogens (tertiary/aromatic N) is 2. The van der Waals surface area contributed by atoms with E-state index in [2.05, 4.69) is 12.1 Å². The van der Waals surface area contributed by atoms with Crippen LogP contribution in [0.4, 0.5) is 0 Å². The minimum Gasteiger partial charge on any atom is -0.409 e. The molecule has 0 saturated carbocycles. The van der Waals surface area contributed by atoms with Crippen LogP contribution in [0.1, 0.15) is 48.5 Å². The van der Waals surface area contributed by atoms with Gasteiger partial charge in [-0.2, -0.15) is 0 Å². The summed E-state index contributed by atoms with van der Waals surface area (Å²) >= 11 is 0. The number of nitrogens with two attached hydrogens (primary N) is 1. The van der Waals surface area contributed by atoms with E-state index < -0.39 is 0 Å². The second kappa shape index (κ2) is 7.11. The van der Waals surface area contributed by atoms with Crippen molar-refractivity contribution in [1.29, 1.82) is 0 Å². The first kappa shape index (κ1) is 15.4. The third kappa shape index (κ3) is 3.74. The molecular formula is C16H23N3O2. The van der Waals surface area contributed by atoms with Gasteiger partial charge in [0.05, 0.1) is 0 Å². The molecule has 0 spiro atoms. The van der Waals surface area contributed by atoms with Gasteiger partial charge in [0.2, 0.25) is 0 Å². The van der Waals surface area contributed by atoms with E-state index >= 15 is 0 Å². The maximum absolute atomic E-state index is 12.5. The zero-order chi connectivity index (χ0) is 15.2. The molecule has 1 aromatic carbocycles. The fourth-order valence-electron chi connectivity index (χ4n) is 2.88. The molecule has 1 aliphatic heterocycles. The zero-order valence-electron chi connectivity index (χ0n) is 12.5. The van der Waals surface area contributed by atoms with E-state index in [0.717, 1.165) is 31.8 Å². The third-order valence-electron chi connectivity index (χ3n) is 4.11. The summed E-state index contributed by atoms with van der Waals surface area (Å²) in [7, 11) is 0. The van der Waals surface area contributed by atoms with Crippen LogP contribution < -0.4 is 5.73 Å². The Bertz CT molecular complexity index is 520. The lowest BCUT2D eigenvalue weighted by Crippen LogP contribution is -2.38. The molecule has 1 fully saturated rings. The topological polar surface area (TPSA) is 78.9 Å². The molecule has 0 aromatic heterocycles. The SMILES string of the molecule is CCCC1CCN(C(=O)c2cccc(C(N)=NO)c2)CC1. The van der Waals surface area contributed by atoms with Gasteiger partial charge in [-0.05, 0) is 30.9 Å². The fraction of sp³-hybridized carbons (Fsp3) is 0.500. The number of carbonyl (C=O) groups is 1. The van der Waals surface area contributed by atoms with Crippen molar-refractivity contribution in [2.45, 2.75) is 32.6 Å². The molecule has 114 valence electrons. The van der Waals surface area contributed by atoms with Crippen molar-refractivity contribution in [3.05, 3.63) is 35.4 Å². The van der Waals surface area contributed by atoms with E-state index in [9.17, 15) is 4.79 Å². The maximum Gasteiger partial charge on any atom is 0.253 e. The van der Waals surface area contributed by atoms with Crippen LogP contribution in [-0.4, -0.2) is 34.9 Å². The second-order valence-electron chi connectivity index (χ2n) is 5.59. The molecule has 0 radical (unpaired) electrons. The number of amidine groups is 1. The Hall–Kier alpha value is -2.04. The molecule has 0 bridgehead atoms. The average Bonchev–Trinajstić information content (AvgIpc) is 2.54. The summed E-state index contributed by atoms with van der Waals surface area (Å²) in [6.07, 6.45) is 4.63. The summed E-state index contributed by atoms with van der Waals surface area (Å²) in [6.45, 7) is 3.84. The normalized spacial score (nSPS) is 17.0. The van der Waals surface area contributed by atoms with Gasteiger partial charge in [0, 0.05) is 24.2 Å². The van der Waals surface area contributed by atoms with Crippen LogP contribution in [0.3, 0.4) is 0 Å². The summed E-state index contributed by atoms with van der Waals surface area (Å²) in [5.41, 5.74) is 6.72. The van der Waals surface area contributed by atoms with Crippen molar-refractivity contribution in [1.82, 2.24) is 4.90 Å².